The van der Waals surface area contributed by atoms with Crippen LogP contribution in [0.2, 0.25) is 0 Å². The van der Waals surface area contributed by atoms with Crippen molar-refractivity contribution in [3.8, 4) is 11.5 Å². The van der Waals surface area contributed by atoms with E-state index in [9.17, 15) is 8.78 Å². The Morgan fingerprint density at radius 3 is 2.78 bits per heavy atom. The number of nitrogens with zero attached hydrogens (tertiary/aromatic N) is 2. The molecule has 0 atom stereocenters. The van der Waals surface area contributed by atoms with Gasteiger partial charge in [-0.05, 0) is 36.6 Å². The molecule has 2 aliphatic heterocycles. The molecule has 1 saturated heterocycles. The molecule has 0 N–H and O–H groups in total. The van der Waals surface area contributed by atoms with E-state index in [0.29, 0.717) is 5.69 Å². The predicted molar refractivity (Wildman–Crippen MR) is 111 cm³/mol. The van der Waals surface area contributed by atoms with Crippen LogP contribution in [0.25, 0.3) is 0 Å². The van der Waals surface area contributed by atoms with Crippen LogP contribution in [-0.4, -0.2) is 39.2 Å². The molecule has 1 aliphatic carbocycles. The maximum absolute atomic E-state index is 13.5. The van der Waals surface area contributed by atoms with E-state index >= 15 is 0 Å². The highest BCUT2D eigenvalue weighted by atomic mass is 32.2. The SMILES string of the molecule is CSC(=S)N1CC2(CCCCC2)CSC1=Nc1cccc2c1OC(F)(F)O2. The summed E-state index contributed by atoms with van der Waals surface area (Å²) < 4.78 is 36.9. The molecule has 146 valence electrons. The molecule has 9 heteroatoms. The van der Waals surface area contributed by atoms with Crippen molar-refractivity contribution < 1.29 is 18.3 Å². The average molecular weight is 431 g/mol. The Morgan fingerprint density at radius 1 is 1.26 bits per heavy atom. The van der Waals surface area contributed by atoms with Crippen LogP contribution in [0.4, 0.5) is 14.5 Å². The van der Waals surface area contributed by atoms with Gasteiger partial charge in [-0.3, -0.25) is 0 Å². The van der Waals surface area contributed by atoms with Crippen molar-refractivity contribution in [3.05, 3.63) is 18.2 Å². The van der Waals surface area contributed by atoms with Crippen molar-refractivity contribution >= 4 is 50.9 Å². The van der Waals surface area contributed by atoms with Gasteiger partial charge in [0.05, 0.1) is 0 Å². The lowest BCUT2D eigenvalue weighted by Gasteiger charge is -2.45. The second-order valence-electron chi connectivity index (χ2n) is 7.07. The van der Waals surface area contributed by atoms with Crippen molar-refractivity contribution in [1.82, 2.24) is 4.90 Å². The van der Waals surface area contributed by atoms with Crippen LogP contribution >= 0.6 is 35.7 Å². The molecule has 4 nitrogen and oxygen atoms in total. The van der Waals surface area contributed by atoms with Crippen molar-refractivity contribution in [3.63, 3.8) is 0 Å². The number of ether oxygens (including phenoxy) is 2. The number of para-hydroxylation sites is 1. The number of hydrogen-bond acceptors (Lipinski definition) is 6. The summed E-state index contributed by atoms with van der Waals surface area (Å²) in [5.74, 6) is 0.955. The smallest absolute Gasteiger partial charge is 0.395 e. The zero-order valence-electron chi connectivity index (χ0n) is 14.9. The molecular weight excluding hydrogens is 410 g/mol. The lowest BCUT2D eigenvalue weighted by atomic mass is 9.75. The Bertz CT molecular complexity index is 782. The van der Waals surface area contributed by atoms with E-state index in [0.717, 1.165) is 21.8 Å². The van der Waals surface area contributed by atoms with Crippen molar-refractivity contribution in [2.24, 2.45) is 10.4 Å². The Balaban J connectivity index is 1.65. The summed E-state index contributed by atoms with van der Waals surface area (Å²) in [6, 6.07) is 4.74. The van der Waals surface area contributed by atoms with Gasteiger partial charge in [0.1, 0.15) is 10.0 Å². The molecule has 1 aromatic rings. The minimum Gasteiger partial charge on any atom is -0.395 e. The summed E-state index contributed by atoms with van der Waals surface area (Å²) in [7, 11) is 0. The predicted octanol–water partition coefficient (Wildman–Crippen LogP) is 5.64. The zero-order chi connectivity index (χ0) is 19.1. The van der Waals surface area contributed by atoms with Crippen LogP contribution in [0.15, 0.2) is 23.2 Å². The van der Waals surface area contributed by atoms with Gasteiger partial charge in [0.2, 0.25) is 0 Å². The fraction of sp³-hybridized carbons (Fsp3) is 0.556. The molecule has 0 aromatic heterocycles. The van der Waals surface area contributed by atoms with Gasteiger partial charge in [-0.25, -0.2) is 4.99 Å². The molecule has 1 aromatic carbocycles. The van der Waals surface area contributed by atoms with Crippen LogP contribution in [-0.2, 0) is 0 Å². The number of rotatable bonds is 1. The lowest BCUT2D eigenvalue weighted by Crippen LogP contribution is -2.48. The number of aliphatic imine (C=N–C) groups is 1. The van der Waals surface area contributed by atoms with Gasteiger partial charge in [0, 0.05) is 12.3 Å². The summed E-state index contributed by atoms with van der Waals surface area (Å²) in [6.07, 6.45) is 4.49. The third-order valence-corrected chi connectivity index (χ3v) is 7.78. The highest BCUT2D eigenvalue weighted by Crippen LogP contribution is 2.49. The van der Waals surface area contributed by atoms with Gasteiger partial charge in [-0.1, -0.05) is 61.1 Å². The molecule has 1 spiro atoms. The number of thioether (sulfide) groups is 2. The molecule has 0 unspecified atom stereocenters. The molecule has 4 rings (SSSR count). The first-order valence-corrected chi connectivity index (χ1v) is 11.5. The normalized spacial score (nSPS) is 24.4. The van der Waals surface area contributed by atoms with E-state index in [1.54, 1.807) is 23.9 Å². The number of halogens is 2. The van der Waals surface area contributed by atoms with Gasteiger partial charge in [0.15, 0.2) is 16.7 Å². The molecular formula is C18H20F2N2O2S3. The molecule has 2 heterocycles. The van der Waals surface area contributed by atoms with Crippen LogP contribution in [0.5, 0.6) is 11.5 Å². The van der Waals surface area contributed by atoms with Crippen LogP contribution in [0.3, 0.4) is 0 Å². The largest absolute Gasteiger partial charge is 0.586 e. The Hall–Kier alpha value is -1.06. The highest BCUT2D eigenvalue weighted by molar-refractivity contribution is 8.23. The Kier molecular flexibility index (Phi) is 5.28. The lowest BCUT2D eigenvalue weighted by molar-refractivity contribution is -0.286. The molecule has 0 bridgehead atoms. The summed E-state index contributed by atoms with van der Waals surface area (Å²) in [5, 5.41) is 0.734. The fourth-order valence-corrected chi connectivity index (χ4v) is 5.77. The number of benzene rings is 1. The van der Waals surface area contributed by atoms with Crippen LogP contribution in [0.1, 0.15) is 32.1 Å². The molecule has 27 heavy (non-hydrogen) atoms. The molecule has 0 radical (unpaired) electrons. The monoisotopic (exact) mass is 430 g/mol. The van der Waals surface area contributed by atoms with Gasteiger partial charge >= 0.3 is 6.29 Å². The van der Waals surface area contributed by atoms with Gasteiger partial charge in [-0.2, -0.15) is 0 Å². The Labute approximate surface area is 171 Å². The maximum atomic E-state index is 13.5. The van der Waals surface area contributed by atoms with E-state index in [1.165, 1.54) is 49.9 Å². The summed E-state index contributed by atoms with van der Waals surface area (Å²) in [5.41, 5.74) is 0.591. The molecule has 1 saturated carbocycles. The van der Waals surface area contributed by atoms with E-state index in [2.05, 4.69) is 19.4 Å². The van der Waals surface area contributed by atoms with E-state index in [1.807, 2.05) is 6.26 Å². The molecule has 2 fully saturated rings. The first-order chi connectivity index (χ1) is 12.9. The van der Waals surface area contributed by atoms with Crippen molar-refractivity contribution in [2.45, 2.75) is 38.4 Å². The maximum Gasteiger partial charge on any atom is 0.586 e. The fourth-order valence-electron chi connectivity index (χ4n) is 3.84. The summed E-state index contributed by atoms with van der Waals surface area (Å²) >= 11 is 8.73. The van der Waals surface area contributed by atoms with Crippen molar-refractivity contribution in [2.75, 3.05) is 18.6 Å². The first kappa shape index (κ1) is 19.3. The second-order valence-corrected chi connectivity index (χ2v) is 9.45. The number of thiocarbonyl (C=S) groups is 1. The molecule has 0 amide bonds. The minimum absolute atomic E-state index is 0.00500. The average Bonchev–Trinajstić information content (AvgIpc) is 2.98. The third kappa shape index (κ3) is 3.91. The topological polar surface area (TPSA) is 34.1 Å². The van der Waals surface area contributed by atoms with E-state index in [-0.39, 0.29) is 16.9 Å². The molecule has 3 aliphatic rings. The Morgan fingerprint density at radius 2 is 2.04 bits per heavy atom. The second kappa shape index (κ2) is 7.40. The summed E-state index contributed by atoms with van der Waals surface area (Å²) in [4.78, 5) is 6.71. The zero-order valence-corrected chi connectivity index (χ0v) is 17.3. The summed E-state index contributed by atoms with van der Waals surface area (Å²) in [6.45, 7) is 0.834. The highest BCUT2D eigenvalue weighted by Gasteiger charge is 2.45. The number of hydrogen-bond donors (Lipinski definition) is 0. The first-order valence-electron chi connectivity index (χ1n) is 8.87. The van der Waals surface area contributed by atoms with E-state index < -0.39 is 6.29 Å². The van der Waals surface area contributed by atoms with Gasteiger partial charge in [0.25, 0.3) is 0 Å². The number of fused-ring (bicyclic) bond motifs is 1. The quantitative estimate of drug-likeness (QED) is 0.536. The van der Waals surface area contributed by atoms with Crippen LogP contribution < -0.4 is 9.47 Å². The van der Waals surface area contributed by atoms with Crippen LogP contribution in [0, 0.1) is 5.41 Å². The third-order valence-electron chi connectivity index (χ3n) is 5.16. The number of alkyl halides is 2. The standard InChI is InChI=1S/C18H20F2N2O2S3/c1-26-16(25)22-10-17(8-3-2-4-9-17)11-27-15(22)21-12-6-5-7-13-14(12)24-18(19,20)23-13/h5-7H,2-4,8-11H2,1H3. The van der Waals surface area contributed by atoms with Gasteiger partial charge < -0.3 is 14.4 Å². The van der Waals surface area contributed by atoms with E-state index in [4.69, 9.17) is 12.2 Å². The van der Waals surface area contributed by atoms with Gasteiger partial charge in [-0.15, -0.1) is 8.78 Å². The van der Waals surface area contributed by atoms with Crippen molar-refractivity contribution in [1.29, 1.82) is 0 Å². The number of amidine groups is 1. The minimum atomic E-state index is -3.65.